The number of para-hydroxylation sites is 1. The number of nitrogens with zero attached hydrogens (tertiary/aromatic N) is 3. The van der Waals surface area contributed by atoms with Crippen molar-refractivity contribution < 1.29 is 13.7 Å². The highest BCUT2D eigenvalue weighted by molar-refractivity contribution is 7.84. The number of aliphatic imine (C=N–C) groups is 1. The van der Waals surface area contributed by atoms with Crippen molar-refractivity contribution >= 4 is 40.2 Å². The molecule has 2 aromatic carbocycles. The van der Waals surface area contributed by atoms with Gasteiger partial charge in [0.2, 0.25) is 6.19 Å². The van der Waals surface area contributed by atoms with Crippen LogP contribution in [0.4, 0.5) is 0 Å². The van der Waals surface area contributed by atoms with Crippen molar-refractivity contribution in [1.29, 1.82) is 5.26 Å². The van der Waals surface area contributed by atoms with Crippen LogP contribution in [0.15, 0.2) is 60.1 Å². The third kappa shape index (κ3) is 7.73. The molecule has 1 aliphatic heterocycles. The van der Waals surface area contributed by atoms with Crippen LogP contribution in [-0.2, 0) is 11.0 Å². The molecule has 2 atom stereocenters. The summed E-state index contributed by atoms with van der Waals surface area (Å²) in [6, 6.07) is 12.7. The number of halogens is 2. The Hall–Kier alpha value is -2.57. The molecule has 0 aromatic heterocycles. The summed E-state index contributed by atoms with van der Waals surface area (Å²) in [7, 11) is -1.34. The monoisotopic (exact) mass is 576 g/mol. The molecule has 10 heteroatoms. The summed E-state index contributed by atoms with van der Waals surface area (Å²) < 4.78 is 28.3. The highest BCUT2D eigenvalue weighted by atomic mass is 35.5. The van der Waals surface area contributed by atoms with Crippen molar-refractivity contribution in [3.63, 3.8) is 0 Å². The Morgan fingerprint density at radius 1 is 1.29 bits per heavy atom. The number of nitrogens with one attached hydrogen (secondary N) is 1. The minimum Gasteiger partial charge on any atom is -0.489 e. The molecule has 1 saturated heterocycles. The summed E-state index contributed by atoms with van der Waals surface area (Å²) >= 11 is 12.8. The molecule has 2 aromatic rings. The topological polar surface area (TPSA) is 87.0 Å². The van der Waals surface area contributed by atoms with E-state index in [9.17, 15) is 9.47 Å². The molecule has 7 nitrogen and oxygen atoms in total. The van der Waals surface area contributed by atoms with Gasteiger partial charge in [-0.25, -0.2) is 8.93 Å². The normalized spacial score (nSPS) is 16.4. The lowest BCUT2D eigenvalue weighted by Gasteiger charge is -2.38. The molecule has 1 heterocycles. The second kappa shape index (κ2) is 14.0. The molecule has 3 rings (SSSR count). The first-order chi connectivity index (χ1) is 18.2. The zero-order valence-corrected chi connectivity index (χ0v) is 24.3. The van der Waals surface area contributed by atoms with Gasteiger partial charge in [0.05, 0.1) is 31.8 Å². The quantitative estimate of drug-likeness (QED) is 0.148. The molecule has 0 saturated carbocycles. The Bertz CT molecular complexity index is 1190. The zero-order chi connectivity index (χ0) is 27.7. The van der Waals surface area contributed by atoms with E-state index in [4.69, 9.17) is 32.7 Å². The van der Waals surface area contributed by atoms with Gasteiger partial charge in [0.1, 0.15) is 18.1 Å². The van der Waals surface area contributed by atoms with E-state index in [0.717, 1.165) is 24.8 Å². The molecule has 0 unspecified atom stereocenters. The predicted octanol–water partition coefficient (Wildman–Crippen LogP) is 6.67. The summed E-state index contributed by atoms with van der Waals surface area (Å²) in [5.74, 6) is 1.27. The highest BCUT2D eigenvalue weighted by Gasteiger charge is 2.35. The van der Waals surface area contributed by atoms with Gasteiger partial charge in [-0.15, -0.1) is 4.99 Å². The molecule has 0 aliphatic carbocycles. The van der Waals surface area contributed by atoms with Crippen molar-refractivity contribution in [2.75, 3.05) is 19.7 Å². The first kappa shape index (κ1) is 30.0. The molecule has 0 bridgehead atoms. The van der Waals surface area contributed by atoms with Crippen molar-refractivity contribution in [1.82, 2.24) is 9.62 Å². The van der Waals surface area contributed by atoms with Crippen LogP contribution in [-0.4, -0.2) is 39.6 Å². The van der Waals surface area contributed by atoms with Gasteiger partial charge < -0.3 is 14.4 Å². The summed E-state index contributed by atoms with van der Waals surface area (Å²) in [6.45, 7) is 11.2. The predicted molar refractivity (Wildman–Crippen MR) is 155 cm³/mol. The Labute approximate surface area is 238 Å². The van der Waals surface area contributed by atoms with Gasteiger partial charge in [0.15, 0.2) is 0 Å². The smallest absolute Gasteiger partial charge is 0.308 e. The average Bonchev–Trinajstić information content (AvgIpc) is 2.92. The summed E-state index contributed by atoms with van der Waals surface area (Å²) in [5, 5.41) is 10.0. The summed E-state index contributed by atoms with van der Waals surface area (Å²) in [5.41, 5.74) is 0.798. The van der Waals surface area contributed by atoms with Gasteiger partial charge >= 0.3 is 6.02 Å². The van der Waals surface area contributed by atoms with E-state index in [1.54, 1.807) is 18.2 Å². The standard InChI is InChI=1S/C28H34Cl2N4O3S/c1-5-16-36-25-18-24(30)23(29)17-22(25)26(33-38(35)28(3,4)6-2)20-12-14-34(15-13-20)27(32-19-31)37-21-10-8-7-9-11-21/h5,7-11,17-18,20,26,33H,1,6,12-16H2,2-4H3/t26-,38+/m1/s1. The van der Waals surface area contributed by atoms with Crippen LogP contribution in [0.1, 0.15) is 51.6 Å². The fourth-order valence-corrected chi connectivity index (χ4v) is 5.56. The lowest BCUT2D eigenvalue weighted by Crippen LogP contribution is -2.45. The van der Waals surface area contributed by atoms with E-state index in [2.05, 4.69) is 16.3 Å². The van der Waals surface area contributed by atoms with Crippen LogP contribution in [0.3, 0.4) is 0 Å². The first-order valence-corrected chi connectivity index (χ1v) is 14.5. The van der Waals surface area contributed by atoms with Crippen LogP contribution in [0.5, 0.6) is 11.5 Å². The average molecular weight is 578 g/mol. The van der Waals surface area contributed by atoms with Crippen LogP contribution in [0.25, 0.3) is 0 Å². The van der Waals surface area contributed by atoms with Gasteiger partial charge in [-0.3, -0.25) is 0 Å². The van der Waals surface area contributed by atoms with Crippen LogP contribution >= 0.6 is 23.2 Å². The van der Waals surface area contributed by atoms with Gasteiger partial charge in [-0.2, -0.15) is 5.26 Å². The van der Waals surface area contributed by atoms with Crippen molar-refractivity contribution in [3.05, 3.63) is 70.7 Å². The lowest BCUT2D eigenvalue weighted by atomic mass is 9.85. The van der Waals surface area contributed by atoms with E-state index in [1.807, 2.05) is 62.2 Å². The summed E-state index contributed by atoms with van der Waals surface area (Å²) in [6.07, 6.45) is 5.71. The number of likely N-dealkylation sites (tertiary alicyclic amines) is 1. The van der Waals surface area contributed by atoms with E-state index in [1.165, 1.54) is 0 Å². The fourth-order valence-electron chi connectivity index (χ4n) is 4.10. The largest absolute Gasteiger partial charge is 0.489 e. The van der Waals surface area contributed by atoms with Crippen LogP contribution in [0, 0.1) is 17.4 Å². The number of hydrogen-bond acceptors (Lipinski definition) is 5. The summed E-state index contributed by atoms with van der Waals surface area (Å²) in [4.78, 5) is 5.89. The number of nitriles is 1. The highest BCUT2D eigenvalue weighted by Crippen LogP contribution is 2.40. The van der Waals surface area contributed by atoms with Crippen molar-refractivity contribution in [2.45, 2.75) is 50.8 Å². The molecule has 0 radical (unpaired) electrons. The maximum atomic E-state index is 13.5. The van der Waals surface area contributed by atoms with Gasteiger partial charge in [-0.1, -0.05) is 61.0 Å². The number of rotatable bonds is 10. The Kier molecular flexibility index (Phi) is 11.0. The molecule has 0 spiro atoms. The number of amidine groups is 1. The van der Waals surface area contributed by atoms with Crippen molar-refractivity contribution in [2.24, 2.45) is 10.9 Å². The van der Waals surface area contributed by atoms with E-state index < -0.39 is 15.7 Å². The zero-order valence-electron chi connectivity index (χ0n) is 22.0. The van der Waals surface area contributed by atoms with Gasteiger partial charge in [0.25, 0.3) is 0 Å². The van der Waals surface area contributed by atoms with Gasteiger partial charge in [0, 0.05) is 24.7 Å². The van der Waals surface area contributed by atoms with Crippen molar-refractivity contribution in [3.8, 4) is 17.7 Å². The fraction of sp³-hybridized carbons (Fsp3) is 0.429. The third-order valence-corrected chi connectivity index (χ3v) is 9.19. The molecule has 204 valence electrons. The Morgan fingerprint density at radius 3 is 2.55 bits per heavy atom. The maximum absolute atomic E-state index is 13.5. The van der Waals surface area contributed by atoms with Gasteiger partial charge in [-0.05, 0) is 57.2 Å². The number of piperidine rings is 1. The molecule has 38 heavy (non-hydrogen) atoms. The van der Waals surface area contributed by atoms with E-state index in [-0.39, 0.29) is 18.0 Å². The minimum atomic E-state index is -1.34. The maximum Gasteiger partial charge on any atom is 0.308 e. The second-order valence-corrected chi connectivity index (χ2v) is 12.3. The Morgan fingerprint density at radius 2 is 1.95 bits per heavy atom. The molecular weight excluding hydrogens is 543 g/mol. The minimum absolute atomic E-state index is 0.0891. The number of hydrogen-bond donors (Lipinski definition) is 1. The third-order valence-electron chi connectivity index (χ3n) is 6.71. The molecule has 1 N–H and O–H groups in total. The van der Waals surface area contributed by atoms with E-state index in [0.29, 0.717) is 41.2 Å². The Balaban J connectivity index is 1.89. The lowest BCUT2D eigenvalue weighted by molar-refractivity contribution is 0.208. The van der Waals surface area contributed by atoms with E-state index >= 15 is 0 Å². The van der Waals surface area contributed by atoms with Crippen LogP contribution in [0.2, 0.25) is 10.0 Å². The van der Waals surface area contributed by atoms with Crippen LogP contribution < -0.4 is 14.2 Å². The second-order valence-electron chi connectivity index (χ2n) is 9.62. The molecule has 0 amide bonds. The SMILES string of the molecule is C=CCOc1cc(Cl)c(Cl)cc1[C@H](N[S@@](=O)C(C)(C)CC)C1CCN(C(=NC#N)Oc2ccccc2)CC1. The molecular formula is C28H34Cl2N4O3S. The number of benzene rings is 2. The molecule has 1 aliphatic rings. The first-order valence-electron chi connectivity index (χ1n) is 12.6. The number of ether oxygens (including phenoxy) is 2. The molecule has 1 fully saturated rings.